The maximum atomic E-state index is 12.9. The van der Waals surface area contributed by atoms with Gasteiger partial charge >= 0.3 is 6.18 Å². The monoisotopic (exact) mass is 259 g/mol. The Bertz CT molecular complexity index is 417. The molecule has 8 heteroatoms. The average molecular weight is 259 g/mol. The first-order chi connectivity index (χ1) is 7.66. The van der Waals surface area contributed by atoms with Gasteiger partial charge in [0.25, 0.3) is 6.43 Å². The zero-order chi connectivity index (χ0) is 13.4. The highest BCUT2D eigenvalue weighted by atomic mass is 19.4. The van der Waals surface area contributed by atoms with Gasteiger partial charge in [0.2, 0.25) is 0 Å². The molecule has 3 N–H and O–H groups in total. The third-order valence-corrected chi connectivity index (χ3v) is 2.08. The fourth-order valence-corrected chi connectivity index (χ4v) is 1.29. The Morgan fingerprint density at radius 2 is 1.71 bits per heavy atom. The highest BCUT2D eigenvalue weighted by molar-refractivity contribution is 5.44. The molecule has 1 aromatic carbocycles. The maximum Gasteiger partial charge on any atom is 0.416 e. The molecule has 1 rings (SSSR count). The molecule has 0 bridgehead atoms. The molecule has 0 aliphatic carbocycles. The van der Waals surface area contributed by atoms with Crippen LogP contribution in [0, 0.1) is 5.82 Å². The summed E-state index contributed by atoms with van der Waals surface area (Å²) >= 11 is 0. The highest BCUT2D eigenvalue weighted by Gasteiger charge is 2.38. The molecule has 2 nitrogen and oxygen atoms in total. The van der Waals surface area contributed by atoms with Gasteiger partial charge in [0.1, 0.15) is 0 Å². The zero-order valence-electron chi connectivity index (χ0n) is 8.10. The molecular weight excluding hydrogens is 252 g/mol. The smallest absolute Gasteiger partial charge is 0.416 e. The SMILES string of the molecule is N[C@@H](c1c(C(F)(F)F)ccc(F)c1O)C(F)F. The fourth-order valence-electron chi connectivity index (χ4n) is 1.29. The van der Waals surface area contributed by atoms with Gasteiger partial charge < -0.3 is 10.8 Å². The topological polar surface area (TPSA) is 46.2 Å². The first-order valence-corrected chi connectivity index (χ1v) is 4.28. The van der Waals surface area contributed by atoms with E-state index in [1.807, 2.05) is 0 Å². The average Bonchev–Trinajstić information content (AvgIpc) is 2.19. The third kappa shape index (κ3) is 2.63. The summed E-state index contributed by atoms with van der Waals surface area (Å²) in [6, 6.07) is -1.82. The number of aromatic hydroxyl groups is 1. The van der Waals surface area contributed by atoms with E-state index in [0.29, 0.717) is 6.07 Å². The van der Waals surface area contributed by atoms with Gasteiger partial charge in [0.15, 0.2) is 11.6 Å². The quantitative estimate of drug-likeness (QED) is 0.802. The predicted octanol–water partition coefficient (Wildman–Crippen LogP) is 2.82. The van der Waals surface area contributed by atoms with E-state index in [1.165, 1.54) is 0 Å². The Morgan fingerprint density at radius 3 is 2.12 bits per heavy atom. The van der Waals surface area contributed by atoms with Crippen molar-refractivity contribution in [3.63, 3.8) is 0 Å². The van der Waals surface area contributed by atoms with Gasteiger partial charge in [-0.2, -0.15) is 13.2 Å². The zero-order valence-corrected chi connectivity index (χ0v) is 8.10. The second kappa shape index (κ2) is 4.44. The molecule has 0 aliphatic heterocycles. The Balaban J connectivity index is 3.47. The van der Waals surface area contributed by atoms with Gasteiger partial charge in [-0.1, -0.05) is 0 Å². The van der Waals surface area contributed by atoms with Crippen molar-refractivity contribution >= 4 is 0 Å². The largest absolute Gasteiger partial charge is 0.505 e. The Hall–Kier alpha value is -1.44. The molecule has 17 heavy (non-hydrogen) atoms. The van der Waals surface area contributed by atoms with Gasteiger partial charge in [-0.05, 0) is 12.1 Å². The number of hydrogen-bond donors (Lipinski definition) is 2. The summed E-state index contributed by atoms with van der Waals surface area (Å²) in [5.41, 5.74) is 1.91. The summed E-state index contributed by atoms with van der Waals surface area (Å²) in [5, 5.41) is 9.07. The minimum atomic E-state index is -5.01. The van der Waals surface area contributed by atoms with Crippen molar-refractivity contribution in [2.75, 3.05) is 0 Å². The van der Waals surface area contributed by atoms with Crippen LogP contribution in [0.1, 0.15) is 17.2 Å². The second-order valence-corrected chi connectivity index (χ2v) is 3.22. The number of benzene rings is 1. The molecule has 1 aromatic rings. The summed E-state index contributed by atoms with van der Waals surface area (Å²) in [7, 11) is 0. The Labute approximate surface area is 91.7 Å². The molecular formula is C9H7F6NO. The summed E-state index contributed by atoms with van der Waals surface area (Å²) < 4.78 is 74.7. The minimum Gasteiger partial charge on any atom is -0.505 e. The van der Waals surface area contributed by atoms with Gasteiger partial charge in [-0.3, -0.25) is 0 Å². The number of alkyl halides is 5. The van der Waals surface area contributed by atoms with Crippen LogP contribution >= 0.6 is 0 Å². The molecule has 0 aliphatic rings. The second-order valence-electron chi connectivity index (χ2n) is 3.22. The van der Waals surface area contributed by atoms with Crippen LogP contribution in [0.5, 0.6) is 5.75 Å². The summed E-state index contributed by atoms with van der Waals surface area (Å²) in [6.45, 7) is 0. The number of phenols is 1. The maximum absolute atomic E-state index is 12.9. The van der Waals surface area contributed by atoms with E-state index in [-0.39, 0.29) is 6.07 Å². The lowest BCUT2D eigenvalue weighted by Crippen LogP contribution is -2.23. The molecule has 0 saturated heterocycles. The number of rotatable bonds is 2. The van der Waals surface area contributed by atoms with Crippen LogP contribution in [-0.2, 0) is 6.18 Å². The van der Waals surface area contributed by atoms with Crippen molar-refractivity contribution in [3.05, 3.63) is 29.1 Å². The highest BCUT2D eigenvalue weighted by Crippen LogP contribution is 2.40. The van der Waals surface area contributed by atoms with Crippen LogP contribution < -0.4 is 5.73 Å². The van der Waals surface area contributed by atoms with Crippen molar-refractivity contribution in [3.8, 4) is 5.75 Å². The van der Waals surface area contributed by atoms with Crippen molar-refractivity contribution in [2.45, 2.75) is 18.6 Å². The number of hydrogen-bond acceptors (Lipinski definition) is 2. The van der Waals surface area contributed by atoms with Gasteiger partial charge in [-0.15, -0.1) is 0 Å². The van der Waals surface area contributed by atoms with Crippen molar-refractivity contribution in [1.82, 2.24) is 0 Å². The molecule has 96 valence electrons. The third-order valence-electron chi connectivity index (χ3n) is 2.08. The standard InChI is InChI=1S/C9H7F6NO/c10-4-2-1-3(9(13,14)15)5(7(4)17)6(16)8(11)12/h1-2,6,8,17H,16H2/t6-/m0/s1. The van der Waals surface area contributed by atoms with E-state index in [0.717, 1.165) is 0 Å². The number of halogens is 6. The van der Waals surface area contributed by atoms with Crippen molar-refractivity contribution in [2.24, 2.45) is 5.73 Å². The number of phenolic OH excluding ortho intramolecular Hbond substituents is 1. The summed E-state index contributed by atoms with van der Waals surface area (Å²) in [4.78, 5) is 0. The lowest BCUT2D eigenvalue weighted by molar-refractivity contribution is -0.138. The van der Waals surface area contributed by atoms with Crippen LogP contribution in [-0.4, -0.2) is 11.5 Å². The predicted molar refractivity (Wildman–Crippen MR) is 46.0 cm³/mol. The molecule has 0 saturated carbocycles. The first-order valence-electron chi connectivity index (χ1n) is 4.28. The Kier molecular flexibility index (Phi) is 3.56. The van der Waals surface area contributed by atoms with Crippen LogP contribution in [0.15, 0.2) is 12.1 Å². The molecule has 0 radical (unpaired) electrons. The van der Waals surface area contributed by atoms with Crippen molar-refractivity contribution in [1.29, 1.82) is 0 Å². The van der Waals surface area contributed by atoms with E-state index >= 15 is 0 Å². The van der Waals surface area contributed by atoms with Gasteiger partial charge in [0, 0.05) is 5.56 Å². The summed E-state index contributed by atoms with van der Waals surface area (Å²) in [5.74, 6) is -2.95. The van der Waals surface area contributed by atoms with Gasteiger partial charge in [0.05, 0.1) is 11.6 Å². The van der Waals surface area contributed by atoms with Crippen LogP contribution in [0.25, 0.3) is 0 Å². The molecule has 0 unspecified atom stereocenters. The van der Waals surface area contributed by atoms with E-state index in [4.69, 9.17) is 10.8 Å². The van der Waals surface area contributed by atoms with Crippen molar-refractivity contribution < 1.29 is 31.4 Å². The fraction of sp³-hybridized carbons (Fsp3) is 0.333. The summed E-state index contributed by atoms with van der Waals surface area (Å²) in [6.07, 6.45) is -8.36. The first kappa shape index (κ1) is 13.6. The molecule has 0 spiro atoms. The van der Waals surface area contributed by atoms with E-state index in [9.17, 15) is 26.3 Å². The minimum absolute atomic E-state index is 0.257. The van der Waals surface area contributed by atoms with E-state index in [1.54, 1.807) is 0 Å². The van der Waals surface area contributed by atoms with E-state index in [2.05, 4.69) is 0 Å². The van der Waals surface area contributed by atoms with Crippen LogP contribution in [0.2, 0.25) is 0 Å². The Morgan fingerprint density at radius 1 is 1.18 bits per heavy atom. The van der Waals surface area contributed by atoms with E-state index < -0.39 is 41.3 Å². The molecule has 0 heterocycles. The van der Waals surface area contributed by atoms with Crippen LogP contribution in [0.3, 0.4) is 0 Å². The molecule has 0 aromatic heterocycles. The lowest BCUT2D eigenvalue weighted by atomic mass is 9.99. The number of nitrogens with two attached hydrogens (primary N) is 1. The van der Waals surface area contributed by atoms with Crippen LogP contribution in [0.4, 0.5) is 26.3 Å². The molecule has 0 fully saturated rings. The normalized spacial score (nSPS) is 14.1. The lowest BCUT2D eigenvalue weighted by Gasteiger charge is -2.19. The molecule has 1 atom stereocenters. The molecule has 0 amide bonds. The van der Waals surface area contributed by atoms with Gasteiger partial charge in [-0.25, -0.2) is 13.2 Å².